The summed E-state index contributed by atoms with van der Waals surface area (Å²) in [6.45, 7) is 1.86. The molecule has 2 rings (SSSR count). The number of thiazole rings is 1. The molecule has 7 nitrogen and oxygen atoms in total. The third-order valence-corrected chi connectivity index (χ3v) is 3.87. The lowest BCUT2D eigenvalue weighted by molar-refractivity contribution is -0.112. The molecule has 0 aliphatic rings. The van der Waals surface area contributed by atoms with Crippen LogP contribution in [0.3, 0.4) is 0 Å². The van der Waals surface area contributed by atoms with Gasteiger partial charge in [0, 0.05) is 17.6 Å². The monoisotopic (exact) mass is 344 g/mol. The average Bonchev–Trinajstić information content (AvgIpc) is 3.00. The molecule has 24 heavy (non-hydrogen) atoms. The highest BCUT2D eigenvalue weighted by Crippen LogP contribution is 2.29. The second-order valence-corrected chi connectivity index (χ2v) is 5.49. The maximum absolute atomic E-state index is 12.3. The smallest absolute Gasteiger partial charge is 0.267 e. The molecule has 0 radical (unpaired) electrons. The van der Waals surface area contributed by atoms with Crippen molar-refractivity contribution in [1.82, 2.24) is 4.98 Å². The lowest BCUT2D eigenvalue weighted by atomic mass is 10.2. The summed E-state index contributed by atoms with van der Waals surface area (Å²) in [5.41, 5.74) is 1.18. The van der Waals surface area contributed by atoms with Crippen molar-refractivity contribution >= 4 is 28.1 Å². The van der Waals surface area contributed by atoms with Crippen LogP contribution < -0.4 is 20.1 Å². The fourth-order valence-corrected chi connectivity index (χ4v) is 2.46. The Kier molecular flexibility index (Phi) is 5.76. The second-order valence-electron chi connectivity index (χ2n) is 4.63. The molecule has 0 bridgehead atoms. The first-order chi connectivity index (χ1) is 11.6. The molecule has 1 amide bonds. The summed E-state index contributed by atoms with van der Waals surface area (Å²) in [6, 6.07) is 6.85. The van der Waals surface area contributed by atoms with Crippen molar-refractivity contribution in [2.45, 2.75) is 6.92 Å². The van der Waals surface area contributed by atoms with Gasteiger partial charge < -0.3 is 20.1 Å². The van der Waals surface area contributed by atoms with Gasteiger partial charge in [-0.05, 0) is 19.1 Å². The van der Waals surface area contributed by atoms with Crippen LogP contribution in [0.5, 0.6) is 11.5 Å². The standard InChI is InChI=1S/C16H16N4O3S/c1-10-9-24-16(19-10)18-8-11(7-17)15(21)20-13-6-12(22-2)4-5-14(13)23-3/h4-6,8-9H,1-3H3,(H,18,19)(H,20,21)/b11-8-. The molecular formula is C16H16N4O3S. The van der Waals surface area contributed by atoms with Gasteiger partial charge in [-0.2, -0.15) is 5.26 Å². The van der Waals surface area contributed by atoms with Crippen LogP contribution in [0, 0.1) is 18.3 Å². The van der Waals surface area contributed by atoms with Gasteiger partial charge >= 0.3 is 0 Å². The van der Waals surface area contributed by atoms with Crippen molar-refractivity contribution in [1.29, 1.82) is 5.26 Å². The quantitative estimate of drug-likeness (QED) is 0.618. The highest BCUT2D eigenvalue weighted by Gasteiger charge is 2.13. The Morgan fingerprint density at radius 3 is 2.75 bits per heavy atom. The Balaban J connectivity index is 2.16. The average molecular weight is 344 g/mol. The molecule has 0 saturated carbocycles. The van der Waals surface area contributed by atoms with Crippen molar-refractivity contribution in [3.05, 3.63) is 41.0 Å². The number of rotatable bonds is 6. The van der Waals surface area contributed by atoms with Crippen LogP contribution in [-0.4, -0.2) is 25.1 Å². The zero-order chi connectivity index (χ0) is 17.5. The number of ether oxygens (including phenoxy) is 2. The van der Waals surface area contributed by atoms with E-state index in [-0.39, 0.29) is 5.57 Å². The highest BCUT2D eigenvalue weighted by atomic mass is 32.1. The molecule has 0 saturated heterocycles. The normalized spacial score (nSPS) is 10.7. The third-order valence-electron chi connectivity index (χ3n) is 2.98. The number of methoxy groups -OCH3 is 2. The largest absolute Gasteiger partial charge is 0.497 e. The Bertz CT molecular complexity index is 808. The number of nitrogens with one attached hydrogen (secondary N) is 2. The van der Waals surface area contributed by atoms with E-state index in [0.717, 1.165) is 5.69 Å². The van der Waals surface area contributed by atoms with Gasteiger partial charge in [0.15, 0.2) is 5.13 Å². The molecule has 0 aliphatic heterocycles. The van der Waals surface area contributed by atoms with Gasteiger partial charge in [0.25, 0.3) is 5.91 Å². The van der Waals surface area contributed by atoms with Gasteiger partial charge in [-0.3, -0.25) is 4.79 Å². The molecule has 2 N–H and O–H groups in total. The number of nitrogens with zero attached hydrogens (tertiary/aromatic N) is 2. The van der Waals surface area contributed by atoms with E-state index < -0.39 is 5.91 Å². The molecule has 124 valence electrons. The molecule has 1 aromatic heterocycles. The minimum atomic E-state index is -0.565. The lowest BCUT2D eigenvalue weighted by Crippen LogP contribution is -2.15. The van der Waals surface area contributed by atoms with Crippen LogP contribution in [0.4, 0.5) is 10.8 Å². The number of amides is 1. The van der Waals surface area contributed by atoms with Gasteiger partial charge in [0.05, 0.1) is 25.6 Å². The number of nitriles is 1. The zero-order valence-electron chi connectivity index (χ0n) is 13.4. The Hall–Kier alpha value is -3.05. The van der Waals surface area contributed by atoms with E-state index in [2.05, 4.69) is 15.6 Å². The van der Waals surface area contributed by atoms with Crippen molar-refractivity contribution in [2.24, 2.45) is 0 Å². The van der Waals surface area contributed by atoms with Crippen LogP contribution in [0.2, 0.25) is 0 Å². The summed E-state index contributed by atoms with van der Waals surface area (Å²) < 4.78 is 10.3. The summed E-state index contributed by atoms with van der Waals surface area (Å²) in [7, 11) is 3.01. The van der Waals surface area contributed by atoms with Crippen LogP contribution >= 0.6 is 11.3 Å². The summed E-state index contributed by atoms with van der Waals surface area (Å²) in [5, 5.41) is 17.1. The van der Waals surface area contributed by atoms with Crippen LogP contribution in [0.1, 0.15) is 5.69 Å². The maximum atomic E-state index is 12.3. The Morgan fingerprint density at radius 1 is 1.38 bits per heavy atom. The molecule has 1 heterocycles. The van der Waals surface area contributed by atoms with E-state index in [1.807, 2.05) is 18.4 Å². The number of hydrogen-bond donors (Lipinski definition) is 2. The summed E-state index contributed by atoms with van der Waals surface area (Å²) >= 11 is 1.38. The minimum Gasteiger partial charge on any atom is -0.497 e. The Labute approximate surface area is 143 Å². The van der Waals surface area contributed by atoms with E-state index in [1.165, 1.54) is 31.8 Å². The fourth-order valence-electron chi connectivity index (χ4n) is 1.80. The van der Waals surface area contributed by atoms with Gasteiger partial charge in [-0.25, -0.2) is 4.98 Å². The first-order valence-corrected chi connectivity index (χ1v) is 7.77. The molecule has 0 unspecified atom stereocenters. The minimum absolute atomic E-state index is 0.0901. The first-order valence-electron chi connectivity index (χ1n) is 6.89. The first kappa shape index (κ1) is 17.3. The summed E-state index contributed by atoms with van der Waals surface area (Å²) in [4.78, 5) is 16.5. The molecular weight excluding hydrogens is 328 g/mol. The molecule has 0 fully saturated rings. The Morgan fingerprint density at radius 2 is 2.17 bits per heavy atom. The molecule has 1 aromatic carbocycles. The van der Waals surface area contributed by atoms with E-state index in [4.69, 9.17) is 9.47 Å². The van der Waals surface area contributed by atoms with E-state index >= 15 is 0 Å². The topological polar surface area (TPSA) is 96.3 Å². The van der Waals surface area contributed by atoms with E-state index in [9.17, 15) is 10.1 Å². The predicted octanol–water partition coefficient (Wildman–Crippen LogP) is 2.93. The van der Waals surface area contributed by atoms with E-state index in [0.29, 0.717) is 22.3 Å². The molecule has 0 atom stereocenters. The van der Waals surface area contributed by atoms with Crippen molar-refractivity contribution < 1.29 is 14.3 Å². The van der Waals surface area contributed by atoms with Gasteiger partial charge in [0.1, 0.15) is 23.1 Å². The molecule has 8 heteroatoms. The zero-order valence-corrected chi connectivity index (χ0v) is 14.2. The van der Waals surface area contributed by atoms with Gasteiger partial charge in [-0.1, -0.05) is 0 Å². The number of aryl methyl sites for hydroxylation is 1. The van der Waals surface area contributed by atoms with Gasteiger partial charge in [0.2, 0.25) is 0 Å². The van der Waals surface area contributed by atoms with Crippen LogP contribution in [0.15, 0.2) is 35.4 Å². The predicted molar refractivity (Wildman–Crippen MR) is 92.3 cm³/mol. The molecule has 0 spiro atoms. The van der Waals surface area contributed by atoms with Crippen LogP contribution in [0.25, 0.3) is 0 Å². The number of anilines is 2. The fraction of sp³-hybridized carbons (Fsp3) is 0.188. The number of carbonyl (C=O) groups is 1. The molecule has 2 aromatic rings. The van der Waals surface area contributed by atoms with Gasteiger partial charge in [-0.15, -0.1) is 11.3 Å². The second kappa shape index (κ2) is 7.99. The molecule has 0 aliphatic carbocycles. The van der Waals surface area contributed by atoms with Crippen molar-refractivity contribution in [2.75, 3.05) is 24.9 Å². The van der Waals surface area contributed by atoms with Crippen molar-refractivity contribution in [3.63, 3.8) is 0 Å². The number of benzene rings is 1. The van der Waals surface area contributed by atoms with E-state index in [1.54, 1.807) is 18.2 Å². The number of hydrogen-bond acceptors (Lipinski definition) is 7. The maximum Gasteiger partial charge on any atom is 0.267 e. The lowest BCUT2D eigenvalue weighted by Gasteiger charge is -2.11. The van der Waals surface area contributed by atoms with Crippen molar-refractivity contribution in [3.8, 4) is 17.6 Å². The SMILES string of the molecule is COc1ccc(OC)c(NC(=O)/C(C#N)=C\Nc2nc(C)cs2)c1. The highest BCUT2D eigenvalue weighted by molar-refractivity contribution is 7.13. The third kappa shape index (κ3) is 4.24. The number of carbonyl (C=O) groups excluding carboxylic acids is 1. The summed E-state index contributed by atoms with van der Waals surface area (Å²) in [6.07, 6.45) is 1.32. The number of aromatic nitrogens is 1. The van der Waals surface area contributed by atoms with Crippen LogP contribution in [-0.2, 0) is 4.79 Å². The summed E-state index contributed by atoms with van der Waals surface area (Å²) in [5.74, 6) is 0.458.